The Balaban J connectivity index is 1.82. The van der Waals surface area contributed by atoms with Crippen LogP contribution in [-0.4, -0.2) is 18.9 Å². The largest absolute Gasteiger partial charge is 0.348 e. The molecule has 5 heteroatoms. The van der Waals surface area contributed by atoms with Gasteiger partial charge in [0.15, 0.2) is 0 Å². The third kappa shape index (κ3) is 2.56. The first-order valence-electron chi connectivity index (χ1n) is 7.76. The van der Waals surface area contributed by atoms with Crippen LogP contribution in [0.2, 0.25) is 0 Å². The molecular weight excluding hydrogens is 307 g/mol. The Bertz CT molecular complexity index is 830. The van der Waals surface area contributed by atoms with Gasteiger partial charge in [0.25, 0.3) is 5.91 Å². The summed E-state index contributed by atoms with van der Waals surface area (Å²) in [6.07, 6.45) is 0. The van der Waals surface area contributed by atoms with Gasteiger partial charge in [0.1, 0.15) is 5.82 Å². The number of carbonyl (C=O) groups is 2. The van der Waals surface area contributed by atoms with Crippen LogP contribution in [0.25, 0.3) is 0 Å². The Labute approximate surface area is 140 Å². The number of amides is 2. The Kier molecular flexibility index (Phi) is 3.87. The zero-order chi connectivity index (χ0) is 17.5. The number of hydrogen-bond donors (Lipinski definition) is 1. The van der Waals surface area contributed by atoms with Crippen LogP contribution in [0.5, 0.6) is 0 Å². The number of benzene rings is 2. The molecule has 1 aliphatic heterocycles. The number of likely N-dealkylation sites (N-methyl/N-ethyl adjacent to an activating group) is 1. The van der Waals surface area contributed by atoms with E-state index < -0.39 is 5.41 Å². The fourth-order valence-corrected chi connectivity index (χ4v) is 3.03. The summed E-state index contributed by atoms with van der Waals surface area (Å²) in [6, 6.07) is 11.5. The molecular formula is C19H19FN2O2. The Hall–Kier alpha value is -2.69. The first-order chi connectivity index (χ1) is 11.3. The summed E-state index contributed by atoms with van der Waals surface area (Å²) in [6.45, 7) is 3.81. The molecule has 4 nitrogen and oxygen atoms in total. The van der Waals surface area contributed by atoms with Gasteiger partial charge in [0.05, 0.1) is 5.41 Å². The lowest BCUT2D eigenvalue weighted by Crippen LogP contribution is -2.33. The van der Waals surface area contributed by atoms with Crippen molar-refractivity contribution in [3.63, 3.8) is 0 Å². The minimum atomic E-state index is -0.661. The van der Waals surface area contributed by atoms with Crippen molar-refractivity contribution >= 4 is 17.5 Å². The molecule has 0 bridgehead atoms. The van der Waals surface area contributed by atoms with Crippen LogP contribution in [0, 0.1) is 5.82 Å². The predicted molar refractivity (Wildman–Crippen MR) is 90.4 cm³/mol. The zero-order valence-electron chi connectivity index (χ0n) is 13.9. The number of halogens is 1. The minimum Gasteiger partial charge on any atom is -0.348 e. The quantitative estimate of drug-likeness (QED) is 0.942. The second kappa shape index (κ2) is 5.74. The van der Waals surface area contributed by atoms with Crippen LogP contribution in [0.1, 0.15) is 35.3 Å². The molecule has 2 aromatic rings. The molecule has 1 aliphatic rings. The average molecular weight is 326 g/mol. The number of rotatable bonds is 3. The highest BCUT2D eigenvalue weighted by Crippen LogP contribution is 2.40. The molecule has 124 valence electrons. The highest BCUT2D eigenvalue weighted by atomic mass is 19.1. The Morgan fingerprint density at radius 2 is 1.92 bits per heavy atom. The molecule has 0 unspecified atom stereocenters. The molecule has 0 atom stereocenters. The average Bonchev–Trinajstić information content (AvgIpc) is 2.74. The van der Waals surface area contributed by atoms with Crippen LogP contribution in [-0.2, 0) is 16.8 Å². The van der Waals surface area contributed by atoms with Crippen molar-refractivity contribution in [1.29, 1.82) is 0 Å². The first-order valence-corrected chi connectivity index (χ1v) is 7.76. The summed E-state index contributed by atoms with van der Waals surface area (Å²) in [4.78, 5) is 26.3. The lowest BCUT2D eigenvalue weighted by atomic mass is 9.85. The maximum absolute atomic E-state index is 13.6. The maximum atomic E-state index is 13.6. The van der Waals surface area contributed by atoms with E-state index in [1.165, 1.54) is 6.07 Å². The molecule has 1 N–H and O–H groups in total. The summed E-state index contributed by atoms with van der Waals surface area (Å²) in [5.41, 5.74) is 1.87. The van der Waals surface area contributed by atoms with E-state index in [1.54, 1.807) is 48.3 Å². The zero-order valence-corrected chi connectivity index (χ0v) is 13.9. The molecule has 24 heavy (non-hydrogen) atoms. The van der Waals surface area contributed by atoms with Crippen molar-refractivity contribution in [2.45, 2.75) is 25.8 Å². The number of anilines is 1. The van der Waals surface area contributed by atoms with E-state index in [4.69, 9.17) is 0 Å². The van der Waals surface area contributed by atoms with Crippen LogP contribution >= 0.6 is 0 Å². The minimum absolute atomic E-state index is 0.00131. The van der Waals surface area contributed by atoms with Gasteiger partial charge in [0.2, 0.25) is 5.91 Å². The van der Waals surface area contributed by atoms with E-state index in [2.05, 4.69) is 5.32 Å². The van der Waals surface area contributed by atoms with Crippen molar-refractivity contribution in [2.24, 2.45) is 0 Å². The standard InChI is InChI=1S/C19H19FN2O2/c1-19(2)14-10-12(8-9-16(14)22(3)18(19)24)17(23)21-11-13-6-4-5-7-15(13)20/h4-10H,11H2,1-3H3,(H,21,23). The number of nitrogens with one attached hydrogen (secondary N) is 1. The van der Waals surface area contributed by atoms with Crippen LogP contribution in [0.4, 0.5) is 10.1 Å². The van der Waals surface area contributed by atoms with Gasteiger partial charge in [-0.05, 0) is 43.7 Å². The summed E-state index contributed by atoms with van der Waals surface area (Å²) < 4.78 is 13.6. The van der Waals surface area contributed by atoms with E-state index in [0.29, 0.717) is 11.1 Å². The van der Waals surface area contributed by atoms with Gasteiger partial charge in [0, 0.05) is 30.4 Å². The molecule has 0 aromatic heterocycles. The van der Waals surface area contributed by atoms with E-state index in [1.807, 2.05) is 13.8 Å². The molecule has 0 radical (unpaired) electrons. The van der Waals surface area contributed by atoms with Crippen LogP contribution in [0.3, 0.4) is 0 Å². The lowest BCUT2D eigenvalue weighted by Gasteiger charge is -2.16. The van der Waals surface area contributed by atoms with Gasteiger partial charge >= 0.3 is 0 Å². The SMILES string of the molecule is CN1C(=O)C(C)(C)c2cc(C(=O)NCc3ccccc3F)ccc21. The van der Waals surface area contributed by atoms with Gasteiger partial charge in [-0.25, -0.2) is 4.39 Å². The Morgan fingerprint density at radius 3 is 2.62 bits per heavy atom. The molecule has 0 saturated heterocycles. The number of hydrogen-bond acceptors (Lipinski definition) is 2. The molecule has 0 saturated carbocycles. The molecule has 0 spiro atoms. The highest BCUT2D eigenvalue weighted by Gasteiger charge is 2.42. The van der Waals surface area contributed by atoms with Crippen molar-refractivity contribution in [1.82, 2.24) is 5.32 Å². The molecule has 0 fully saturated rings. The van der Waals surface area contributed by atoms with Crippen LogP contribution < -0.4 is 10.2 Å². The van der Waals surface area contributed by atoms with Crippen LogP contribution in [0.15, 0.2) is 42.5 Å². The predicted octanol–water partition coefficient (Wildman–Crippen LogP) is 3.01. The van der Waals surface area contributed by atoms with E-state index in [0.717, 1.165) is 11.3 Å². The van der Waals surface area contributed by atoms with E-state index in [9.17, 15) is 14.0 Å². The first kappa shape index (κ1) is 16.2. The van der Waals surface area contributed by atoms with Crippen molar-refractivity contribution < 1.29 is 14.0 Å². The fourth-order valence-electron chi connectivity index (χ4n) is 3.03. The van der Waals surface area contributed by atoms with Crippen molar-refractivity contribution in [3.05, 3.63) is 65.0 Å². The molecule has 0 aliphatic carbocycles. The van der Waals surface area contributed by atoms with Gasteiger partial charge in [-0.3, -0.25) is 9.59 Å². The van der Waals surface area contributed by atoms with Crippen molar-refractivity contribution in [3.8, 4) is 0 Å². The molecule has 3 rings (SSSR count). The van der Waals surface area contributed by atoms with Gasteiger partial charge in [-0.1, -0.05) is 18.2 Å². The summed E-state index contributed by atoms with van der Waals surface area (Å²) in [7, 11) is 1.73. The molecule has 2 aromatic carbocycles. The number of nitrogens with zero attached hydrogens (tertiary/aromatic N) is 1. The van der Waals surface area contributed by atoms with Crippen molar-refractivity contribution in [2.75, 3.05) is 11.9 Å². The number of carbonyl (C=O) groups excluding carboxylic acids is 2. The fraction of sp³-hybridized carbons (Fsp3) is 0.263. The smallest absolute Gasteiger partial charge is 0.251 e. The summed E-state index contributed by atoms with van der Waals surface area (Å²) in [5, 5.41) is 2.72. The van der Waals surface area contributed by atoms with Gasteiger partial charge in [-0.2, -0.15) is 0 Å². The van der Waals surface area contributed by atoms with Gasteiger partial charge in [-0.15, -0.1) is 0 Å². The summed E-state index contributed by atoms with van der Waals surface area (Å²) >= 11 is 0. The van der Waals surface area contributed by atoms with Gasteiger partial charge < -0.3 is 10.2 Å². The topological polar surface area (TPSA) is 49.4 Å². The summed E-state index contributed by atoms with van der Waals surface area (Å²) in [5.74, 6) is -0.639. The maximum Gasteiger partial charge on any atom is 0.251 e. The van der Waals surface area contributed by atoms with E-state index >= 15 is 0 Å². The number of fused-ring (bicyclic) bond motifs is 1. The normalized spacial score (nSPS) is 15.3. The molecule has 2 amide bonds. The third-order valence-corrected chi connectivity index (χ3v) is 4.53. The molecule has 1 heterocycles. The van der Waals surface area contributed by atoms with E-state index in [-0.39, 0.29) is 24.2 Å². The third-order valence-electron chi connectivity index (χ3n) is 4.53. The lowest BCUT2D eigenvalue weighted by molar-refractivity contribution is -0.121. The second-order valence-electron chi connectivity index (χ2n) is 6.50. The monoisotopic (exact) mass is 326 g/mol. The highest BCUT2D eigenvalue weighted by molar-refractivity contribution is 6.08. The second-order valence-corrected chi connectivity index (χ2v) is 6.50. The Morgan fingerprint density at radius 1 is 1.21 bits per heavy atom.